The molecule has 15 heavy (non-hydrogen) atoms. The van der Waals surface area contributed by atoms with Crippen LogP contribution in [0.25, 0.3) is 6.08 Å². The Kier molecular flexibility index (Phi) is 4.12. The molecule has 0 radical (unpaired) electrons. The summed E-state index contributed by atoms with van der Waals surface area (Å²) in [6.45, 7) is 1.71. The van der Waals surface area contributed by atoms with Gasteiger partial charge in [-0.3, -0.25) is 10.1 Å². The summed E-state index contributed by atoms with van der Waals surface area (Å²) in [5.74, 6) is 0. The molecule has 0 amide bonds. The molecular formula is C10H9Cl2NO2. The second-order valence-corrected chi connectivity index (χ2v) is 3.70. The van der Waals surface area contributed by atoms with Crippen LogP contribution in [0.3, 0.4) is 0 Å². The zero-order valence-corrected chi connectivity index (χ0v) is 9.55. The Labute approximate surface area is 97.5 Å². The lowest BCUT2D eigenvalue weighted by molar-refractivity contribution is -0.425. The number of hydrogen-bond acceptors (Lipinski definition) is 2. The van der Waals surface area contributed by atoms with Gasteiger partial charge in [-0.25, -0.2) is 0 Å². The van der Waals surface area contributed by atoms with Crippen molar-refractivity contribution in [3.05, 3.63) is 49.6 Å². The summed E-state index contributed by atoms with van der Waals surface area (Å²) in [6, 6.07) is 4.98. The summed E-state index contributed by atoms with van der Waals surface area (Å²) < 4.78 is 0. The highest BCUT2D eigenvalue weighted by molar-refractivity contribution is 6.37. The predicted octanol–water partition coefficient (Wildman–Crippen LogP) is 4.02. The number of nitro groups is 1. The Morgan fingerprint density at radius 1 is 1.47 bits per heavy atom. The normalized spacial score (nSPS) is 11.5. The first kappa shape index (κ1) is 12.0. The zero-order chi connectivity index (χ0) is 11.4. The average molecular weight is 246 g/mol. The first-order valence-electron chi connectivity index (χ1n) is 4.35. The molecule has 0 fully saturated rings. The van der Waals surface area contributed by atoms with Crippen LogP contribution < -0.4 is 0 Å². The molecule has 0 atom stereocenters. The van der Waals surface area contributed by atoms with E-state index in [1.165, 1.54) is 6.08 Å². The molecule has 1 rings (SSSR count). The van der Waals surface area contributed by atoms with Gasteiger partial charge >= 0.3 is 0 Å². The summed E-state index contributed by atoms with van der Waals surface area (Å²) in [7, 11) is 0. The lowest BCUT2D eigenvalue weighted by Gasteiger charge is -2.01. The SMILES string of the molecule is CCC(=Cc1c(Cl)cccc1Cl)[N+](=O)[O-]. The van der Waals surface area contributed by atoms with Crippen LogP contribution in [0.2, 0.25) is 10.0 Å². The van der Waals surface area contributed by atoms with Crippen LogP contribution in [0.4, 0.5) is 0 Å². The minimum absolute atomic E-state index is 0.0880. The monoisotopic (exact) mass is 245 g/mol. The molecule has 0 aliphatic heterocycles. The van der Waals surface area contributed by atoms with Gasteiger partial charge in [0.1, 0.15) is 0 Å². The molecule has 0 aromatic heterocycles. The lowest BCUT2D eigenvalue weighted by atomic mass is 10.1. The van der Waals surface area contributed by atoms with Gasteiger partial charge in [-0.15, -0.1) is 0 Å². The Morgan fingerprint density at radius 3 is 2.40 bits per heavy atom. The Hall–Kier alpha value is -1.06. The highest BCUT2D eigenvalue weighted by atomic mass is 35.5. The van der Waals surface area contributed by atoms with Gasteiger partial charge in [0.2, 0.25) is 5.70 Å². The van der Waals surface area contributed by atoms with Gasteiger partial charge in [0.15, 0.2) is 0 Å². The molecular weight excluding hydrogens is 237 g/mol. The summed E-state index contributed by atoms with van der Waals surface area (Å²) in [5, 5.41) is 11.4. The van der Waals surface area contributed by atoms with Crippen molar-refractivity contribution in [2.75, 3.05) is 0 Å². The smallest absolute Gasteiger partial charge is 0.246 e. The first-order valence-corrected chi connectivity index (χ1v) is 5.10. The minimum Gasteiger partial charge on any atom is -0.259 e. The van der Waals surface area contributed by atoms with E-state index in [2.05, 4.69) is 0 Å². The number of hydrogen-bond donors (Lipinski definition) is 0. The largest absolute Gasteiger partial charge is 0.259 e. The van der Waals surface area contributed by atoms with Gasteiger partial charge in [0, 0.05) is 28.1 Å². The Morgan fingerprint density at radius 2 is 2.00 bits per heavy atom. The lowest BCUT2D eigenvalue weighted by Crippen LogP contribution is -1.96. The molecule has 0 saturated carbocycles. The number of rotatable bonds is 3. The molecule has 0 saturated heterocycles. The van der Waals surface area contributed by atoms with Gasteiger partial charge < -0.3 is 0 Å². The van der Waals surface area contributed by atoms with Gasteiger partial charge in [-0.2, -0.15) is 0 Å². The number of nitrogens with zero attached hydrogens (tertiary/aromatic N) is 1. The van der Waals surface area contributed by atoms with Crippen molar-refractivity contribution >= 4 is 29.3 Å². The van der Waals surface area contributed by atoms with E-state index in [9.17, 15) is 10.1 Å². The van der Waals surface area contributed by atoms with E-state index in [1.54, 1.807) is 25.1 Å². The van der Waals surface area contributed by atoms with Crippen molar-refractivity contribution in [2.24, 2.45) is 0 Å². The second-order valence-electron chi connectivity index (χ2n) is 2.88. The van der Waals surface area contributed by atoms with E-state index < -0.39 is 4.92 Å². The Balaban J connectivity index is 3.22. The standard InChI is InChI=1S/C10H9Cl2NO2/c1-2-7(13(14)15)6-8-9(11)4-3-5-10(8)12/h3-6H,2H2,1H3. The van der Waals surface area contributed by atoms with Gasteiger partial charge in [-0.1, -0.05) is 36.2 Å². The average Bonchev–Trinajstić information content (AvgIpc) is 2.17. The van der Waals surface area contributed by atoms with Crippen molar-refractivity contribution in [1.29, 1.82) is 0 Å². The third-order valence-corrected chi connectivity index (χ3v) is 2.57. The fraction of sp³-hybridized carbons (Fsp3) is 0.200. The number of allylic oxidation sites excluding steroid dienone is 1. The number of benzene rings is 1. The van der Waals surface area contributed by atoms with Crippen molar-refractivity contribution in [2.45, 2.75) is 13.3 Å². The molecule has 0 bridgehead atoms. The molecule has 5 heteroatoms. The van der Waals surface area contributed by atoms with E-state index >= 15 is 0 Å². The van der Waals surface area contributed by atoms with E-state index in [0.29, 0.717) is 22.0 Å². The maximum absolute atomic E-state index is 10.6. The van der Waals surface area contributed by atoms with Crippen LogP contribution in [0, 0.1) is 10.1 Å². The van der Waals surface area contributed by atoms with Crippen molar-refractivity contribution in [3.63, 3.8) is 0 Å². The van der Waals surface area contributed by atoms with Crippen LogP contribution in [-0.4, -0.2) is 4.92 Å². The van der Waals surface area contributed by atoms with Gasteiger partial charge in [0.05, 0.1) is 4.92 Å². The maximum atomic E-state index is 10.6. The summed E-state index contributed by atoms with van der Waals surface area (Å²) >= 11 is 11.8. The Bertz CT molecular complexity index is 396. The molecule has 1 aromatic rings. The molecule has 1 aromatic carbocycles. The highest BCUT2D eigenvalue weighted by Crippen LogP contribution is 2.27. The second kappa shape index (κ2) is 5.14. The van der Waals surface area contributed by atoms with E-state index in [1.807, 2.05) is 0 Å². The summed E-state index contributed by atoms with van der Waals surface area (Å²) in [5.41, 5.74) is 0.583. The predicted molar refractivity (Wildman–Crippen MR) is 61.7 cm³/mol. The third kappa shape index (κ3) is 2.94. The molecule has 0 heterocycles. The highest BCUT2D eigenvalue weighted by Gasteiger charge is 2.10. The van der Waals surface area contributed by atoms with Crippen LogP contribution in [-0.2, 0) is 0 Å². The molecule has 0 unspecified atom stereocenters. The van der Waals surface area contributed by atoms with Crippen LogP contribution in [0.15, 0.2) is 23.9 Å². The minimum atomic E-state index is -0.431. The van der Waals surface area contributed by atoms with Crippen LogP contribution in [0.5, 0.6) is 0 Å². The summed E-state index contributed by atoms with van der Waals surface area (Å²) in [4.78, 5) is 10.2. The molecule has 0 aliphatic carbocycles. The number of halogens is 2. The van der Waals surface area contributed by atoms with Gasteiger partial charge in [-0.05, 0) is 12.1 Å². The van der Waals surface area contributed by atoms with Gasteiger partial charge in [0.25, 0.3) is 0 Å². The van der Waals surface area contributed by atoms with E-state index in [0.717, 1.165) is 0 Å². The van der Waals surface area contributed by atoms with Crippen LogP contribution >= 0.6 is 23.2 Å². The molecule has 0 aliphatic rings. The van der Waals surface area contributed by atoms with Crippen molar-refractivity contribution < 1.29 is 4.92 Å². The van der Waals surface area contributed by atoms with E-state index in [-0.39, 0.29) is 5.70 Å². The fourth-order valence-electron chi connectivity index (χ4n) is 1.10. The molecule has 0 N–H and O–H groups in total. The van der Waals surface area contributed by atoms with Crippen molar-refractivity contribution in [3.8, 4) is 0 Å². The summed E-state index contributed by atoms with van der Waals surface area (Å²) in [6.07, 6.45) is 1.74. The third-order valence-electron chi connectivity index (χ3n) is 1.91. The van der Waals surface area contributed by atoms with Crippen molar-refractivity contribution in [1.82, 2.24) is 0 Å². The first-order chi connectivity index (χ1) is 7.06. The topological polar surface area (TPSA) is 43.1 Å². The quantitative estimate of drug-likeness (QED) is 0.597. The molecule has 3 nitrogen and oxygen atoms in total. The fourth-order valence-corrected chi connectivity index (χ4v) is 1.61. The van der Waals surface area contributed by atoms with Crippen LogP contribution in [0.1, 0.15) is 18.9 Å². The molecule has 80 valence electrons. The zero-order valence-electron chi connectivity index (χ0n) is 8.04. The maximum Gasteiger partial charge on any atom is 0.246 e. The molecule has 0 spiro atoms. The van der Waals surface area contributed by atoms with E-state index in [4.69, 9.17) is 23.2 Å².